The summed E-state index contributed by atoms with van der Waals surface area (Å²) in [7, 11) is 1.85. The molecule has 33 heavy (non-hydrogen) atoms. The van der Waals surface area contributed by atoms with E-state index in [0.717, 1.165) is 27.9 Å². The summed E-state index contributed by atoms with van der Waals surface area (Å²) in [5.74, 6) is 0.341. The Morgan fingerprint density at radius 3 is 2.64 bits per heavy atom. The van der Waals surface area contributed by atoms with Crippen LogP contribution in [0.5, 0.6) is 0 Å². The van der Waals surface area contributed by atoms with Crippen molar-refractivity contribution in [3.63, 3.8) is 0 Å². The van der Waals surface area contributed by atoms with Gasteiger partial charge in [0.1, 0.15) is 5.84 Å². The van der Waals surface area contributed by atoms with Gasteiger partial charge in [-0.25, -0.2) is 9.51 Å². The number of halogens is 1. The molecule has 1 aromatic carbocycles. The lowest BCUT2D eigenvalue weighted by molar-refractivity contribution is 0.857. The first-order chi connectivity index (χ1) is 16.1. The van der Waals surface area contributed by atoms with E-state index in [1.54, 1.807) is 18.5 Å². The third-order valence-corrected chi connectivity index (χ3v) is 5.88. The molecule has 0 amide bonds. The molecule has 3 aromatic heterocycles. The van der Waals surface area contributed by atoms with Crippen molar-refractivity contribution in [1.29, 1.82) is 0 Å². The third-order valence-electron chi connectivity index (χ3n) is 5.56. The van der Waals surface area contributed by atoms with Crippen LogP contribution in [0.15, 0.2) is 66.2 Å². The Balaban J connectivity index is 0.000000459. The van der Waals surface area contributed by atoms with Gasteiger partial charge in [-0.3, -0.25) is 4.98 Å². The van der Waals surface area contributed by atoms with Crippen molar-refractivity contribution in [2.75, 3.05) is 25.5 Å². The second-order valence-electron chi connectivity index (χ2n) is 7.84. The maximum atomic E-state index is 6.30. The molecule has 1 saturated heterocycles. The number of nitrogens with zero attached hydrogens (tertiary/aromatic N) is 4. The molecule has 4 N–H and O–H groups in total. The maximum absolute atomic E-state index is 6.30. The van der Waals surface area contributed by atoms with Crippen molar-refractivity contribution in [3.8, 4) is 11.1 Å². The molecule has 1 aliphatic rings. The van der Waals surface area contributed by atoms with Crippen molar-refractivity contribution in [3.05, 3.63) is 77.3 Å². The van der Waals surface area contributed by atoms with E-state index in [1.807, 2.05) is 48.2 Å². The first-order valence-electron chi connectivity index (χ1n) is 11.0. The van der Waals surface area contributed by atoms with Crippen LogP contribution in [0, 0.1) is 6.92 Å². The van der Waals surface area contributed by atoms with Crippen LogP contribution in [0.1, 0.15) is 24.0 Å². The van der Waals surface area contributed by atoms with Crippen molar-refractivity contribution < 1.29 is 0 Å². The van der Waals surface area contributed by atoms with Crippen LogP contribution in [-0.4, -0.2) is 40.6 Å². The molecule has 0 bridgehead atoms. The van der Waals surface area contributed by atoms with E-state index >= 15 is 0 Å². The summed E-state index contributed by atoms with van der Waals surface area (Å²) in [6.07, 6.45) is 10.1. The fourth-order valence-corrected chi connectivity index (χ4v) is 3.96. The summed E-state index contributed by atoms with van der Waals surface area (Å²) >= 11 is 6.21. The van der Waals surface area contributed by atoms with Crippen molar-refractivity contribution in [1.82, 2.24) is 19.9 Å². The van der Waals surface area contributed by atoms with E-state index in [-0.39, 0.29) is 0 Å². The number of amidine groups is 1. The van der Waals surface area contributed by atoms with Gasteiger partial charge in [-0.1, -0.05) is 23.7 Å². The second kappa shape index (κ2) is 10.5. The Kier molecular flexibility index (Phi) is 7.22. The minimum Gasteiger partial charge on any atom is -0.386 e. The number of nitrogens with one attached hydrogen (secondary N) is 2. The fourth-order valence-electron chi connectivity index (χ4n) is 3.78. The van der Waals surface area contributed by atoms with Gasteiger partial charge < -0.3 is 16.4 Å². The molecule has 0 aliphatic carbocycles. The highest BCUT2D eigenvalue weighted by molar-refractivity contribution is 6.33. The number of fused-ring (bicyclic) bond motifs is 1. The molecule has 170 valence electrons. The average Bonchev–Trinajstić information content (AvgIpc) is 3.53. The van der Waals surface area contributed by atoms with E-state index in [1.165, 1.54) is 25.9 Å². The lowest BCUT2D eigenvalue weighted by atomic mass is 10.1. The standard InChI is InChI=1S/C21H19ClN6.C4H9N/c1-13-7-8-25-10-15(13)14-9-19-20(24-2)16(11-26-28(19)12-14)21(23)27-18-6-4-3-5-17(18)22;1-2-4-5-3-1/h3-12,24H,1-2H3,(H2,23,27);5H,1-4H2. The van der Waals surface area contributed by atoms with Gasteiger partial charge in [0.15, 0.2) is 0 Å². The lowest BCUT2D eigenvalue weighted by Crippen LogP contribution is -2.16. The number of para-hydroxylation sites is 1. The molecule has 0 radical (unpaired) electrons. The SMILES string of the molecule is C1CCNC1.CNc1c(C(N)=Nc2ccccc2Cl)cnn2cc(-c3cnccc3C)cc12. The van der Waals surface area contributed by atoms with Gasteiger partial charge >= 0.3 is 0 Å². The van der Waals surface area contributed by atoms with E-state index in [9.17, 15) is 0 Å². The smallest absolute Gasteiger partial charge is 0.135 e. The van der Waals surface area contributed by atoms with E-state index in [2.05, 4.69) is 38.7 Å². The zero-order chi connectivity index (χ0) is 23.2. The first-order valence-corrected chi connectivity index (χ1v) is 11.4. The molecule has 0 unspecified atom stereocenters. The lowest BCUT2D eigenvalue weighted by Gasteiger charge is -2.10. The van der Waals surface area contributed by atoms with Crippen LogP contribution in [0.3, 0.4) is 0 Å². The molecule has 0 spiro atoms. The summed E-state index contributed by atoms with van der Waals surface area (Å²) in [5, 5.41) is 11.5. The summed E-state index contributed by atoms with van der Waals surface area (Å²) in [5.41, 5.74) is 12.6. The van der Waals surface area contributed by atoms with Crippen LogP contribution < -0.4 is 16.4 Å². The van der Waals surface area contributed by atoms with Crippen LogP contribution in [0.4, 0.5) is 11.4 Å². The molecular formula is C25H28ClN7. The van der Waals surface area contributed by atoms with E-state index < -0.39 is 0 Å². The summed E-state index contributed by atoms with van der Waals surface area (Å²) < 4.78 is 1.82. The Bertz CT molecular complexity index is 1270. The average molecular weight is 462 g/mol. The van der Waals surface area contributed by atoms with Gasteiger partial charge in [0.05, 0.1) is 33.7 Å². The highest BCUT2D eigenvalue weighted by Gasteiger charge is 2.15. The minimum absolute atomic E-state index is 0.341. The van der Waals surface area contributed by atoms with Crippen LogP contribution >= 0.6 is 11.6 Å². The predicted octanol–water partition coefficient (Wildman–Crippen LogP) is 4.81. The van der Waals surface area contributed by atoms with E-state index in [4.69, 9.17) is 17.3 Å². The van der Waals surface area contributed by atoms with Crippen LogP contribution in [0.2, 0.25) is 5.02 Å². The van der Waals surface area contributed by atoms with Gasteiger partial charge in [0, 0.05) is 36.8 Å². The molecule has 8 heteroatoms. The number of aryl methyl sites for hydroxylation is 1. The van der Waals surface area contributed by atoms with Gasteiger partial charge in [-0.2, -0.15) is 5.10 Å². The number of hydrogen-bond acceptors (Lipinski definition) is 5. The van der Waals surface area contributed by atoms with E-state index in [0.29, 0.717) is 22.1 Å². The number of aliphatic imine (C=N–C) groups is 1. The third kappa shape index (κ3) is 5.16. The minimum atomic E-state index is 0.341. The van der Waals surface area contributed by atoms with Gasteiger partial charge in [0.25, 0.3) is 0 Å². The predicted molar refractivity (Wildman–Crippen MR) is 137 cm³/mol. The Labute approximate surface area is 198 Å². The fraction of sp³-hybridized carbons (Fsp3) is 0.240. The molecular weight excluding hydrogens is 434 g/mol. The molecule has 1 fully saturated rings. The second-order valence-corrected chi connectivity index (χ2v) is 8.25. The number of anilines is 1. The largest absolute Gasteiger partial charge is 0.386 e. The zero-order valence-electron chi connectivity index (χ0n) is 18.8. The topological polar surface area (TPSA) is 92.6 Å². The number of aromatic nitrogens is 3. The highest BCUT2D eigenvalue weighted by atomic mass is 35.5. The van der Waals surface area contributed by atoms with Crippen LogP contribution in [0.25, 0.3) is 16.6 Å². The maximum Gasteiger partial charge on any atom is 0.135 e. The number of rotatable bonds is 4. The van der Waals surface area contributed by atoms with Crippen molar-refractivity contribution in [2.24, 2.45) is 10.7 Å². The summed E-state index contributed by atoms with van der Waals surface area (Å²) in [4.78, 5) is 8.73. The van der Waals surface area contributed by atoms with Gasteiger partial charge in [-0.15, -0.1) is 0 Å². The van der Waals surface area contributed by atoms with Gasteiger partial charge in [0.2, 0.25) is 0 Å². The number of hydrogen-bond donors (Lipinski definition) is 3. The van der Waals surface area contributed by atoms with Crippen molar-refractivity contribution >= 4 is 34.3 Å². The number of nitrogens with two attached hydrogens (primary N) is 1. The first kappa shape index (κ1) is 22.8. The van der Waals surface area contributed by atoms with Gasteiger partial charge in [-0.05, 0) is 62.7 Å². The molecule has 5 rings (SSSR count). The molecule has 4 heterocycles. The molecule has 1 aliphatic heterocycles. The molecule has 0 saturated carbocycles. The number of benzene rings is 1. The van der Waals surface area contributed by atoms with Crippen LogP contribution in [-0.2, 0) is 0 Å². The molecule has 0 atom stereocenters. The number of pyridine rings is 1. The zero-order valence-corrected chi connectivity index (χ0v) is 19.6. The summed E-state index contributed by atoms with van der Waals surface area (Å²) in [6.45, 7) is 4.56. The normalized spacial score (nSPS) is 13.6. The highest BCUT2D eigenvalue weighted by Crippen LogP contribution is 2.30. The summed E-state index contributed by atoms with van der Waals surface area (Å²) in [6, 6.07) is 11.4. The molecule has 4 aromatic rings. The Morgan fingerprint density at radius 2 is 1.97 bits per heavy atom. The Hall–Kier alpha value is -3.42. The monoisotopic (exact) mass is 461 g/mol. The Morgan fingerprint density at radius 1 is 1.18 bits per heavy atom. The molecule has 7 nitrogen and oxygen atoms in total. The van der Waals surface area contributed by atoms with Crippen molar-refractivity contribution in [2.45, 2.75) is 19.8 Å². The quantitative estimate of drug-likeness (QED) is 0.299.